The monoisotopic (exact) mass is 250 g/mol. The molecule has 0 unspecified atom stereocenters. The van der Waals surface area contributed by atoms with Gasteiger partial charge in [0.15, 0.2) is 0 Å². The minimum atomic E-state index is 0.918. The van der Waals surface area contributed by atoms with Crippen LogP contribution in [0.1, 0.15) is 35.7 Å². The fraction of sp³-hybridized carbons (Fsp3) is 0.294. The molecule has 1 heterocycles. The normalized spacial score (nSPS) is 13.7. The Hall–Kier alpha value is -1.96. The van der Waals surface area contributed by atoms with Crippen LogP contribution in [0.15, 0.2) is 31.1 Å². The lowest BCUT2D eigenvalue weighted by atomic mass is 9.96. The predicted octanol–water partition coefficient (Wildman–Crippen LogP) is 3.97. The SMILES string of the molecule is C=C1CCc2c1ccc(-c1cncc(CC)n1)c2C. The first-order chi connectivity index (χ1) is 9.20. The number of benzene rings is 1. The van der Waals surface area contributed by atoms with Crippen LogP contribution < -0.4 is 0 Å². The van der Waals surface area contributed by atoms with Gasteiger partial charge in [-0.1, -0.05) is 25.6 Å². The molecule has 2 nitrogen and oxygen atoms in total. The number of hydrogen-bond donors (Lipinski definition) is 0. The maximum atomic E-state index is 4.68. The number of hydrogen-bond acceptors (Lipinski definition) is 2. The van der Waals surface area contributed by atoms with Crippen molar-refractivity contribution in [1.82, 2.24) is 9.97 Å². The first-order valence-electron chi connectivity index (χ1n) is 6.82. The molecule has 0 radical (unpaired) electrons. The molecular weight excluding hydrogens is 232 g/mol. The zero-order valence-corrected chi connectivity index (χ0v) is 11.5. The van der Waals surface area contributed by atoms with Gasteiger partial charge in [-0.25, -0.2) is 4.98 Å². The highest BCUT2D eigenvalue weighted by Crippen LogP contribution is 2.36. The van der Waals surface area contributed by atoms with E-state index in [2.05, 4.69) is 42.5 Å². The van der Waals surface area contributed by atoms with Crippen LogP contribution in [0.2, 0.25) is 0 Å². The van der Waals surface area contributed by atoms with Gasteiger partial charge in [-0.15, -0.1) is 0 Å². The number of rotatable bonds is 2. The Morgan fingerprint density at radius 2 is 1.95 bits per heavy atom. The van der Waals surface area contributed by atoms with Crippen molar-refractivity contribution in [2.75, 3.05) is 0 Å². The van der Waals surface area contributed by atoms with Gasteiger partial charge in [0.2, 0.25) is 0 Å². The standard InChI is InChI=1S/C17H18N2/c1-4-13-9-18-10-17(19-13)16-8-7-14-11(2)5-6-15(14)12(16)3/h7-10H,2,4-6H2,1,3H3. The summed E-state index contributed by atoms with van der Waals surface area (Å²) in [6.45, 7) is 8.43. The van der Waals surface area contributed by atoms with E-state index in [1.165, 1.54) is 27.8 Å². The summed E-state index contributed by atoms with van der Waals surface area (Å²) < 4.78 is 0. The van der Waals surface area contributed by atoms with Crippen LogP contribution >= 0.6 is 0 Å². The molecule has 0 atom stereocenters. The molecule has 3 rings (SSSR count). The molecule has 0 amide bonds. The van der Waals surface area contributed by atoms with Gasteiger partial charge in [0.1, 0.15) is 0 Å². The van der Waals surface area contributed by atoms with Crippen molar-refractivity contribution in [2.24, 2.45) is 0 Å². The highest BCUT2D eigenvalue weighted by atomic mass is 14.8. The van der Waals surface area contributed by atoms with Crippen LogP contribution in [0.4, 0.5) is 0 Å². The van der Waals surface area contributed by atoms with Crippen molar-refractivity contribution in [1.29, 1.82) is 0 Å². The molecule has 2 heteroatoms. The maximum absolute atomic E-state index is 4.68. The minimum Gasteiger partial charge on any atom is -0.261 e. The van der Waals surface area contributed by atoms with Gasteiger partial charge < -0.3 is 0 Å². The summed E-state index contributed by atoms with van der Waals surface area (Å²) in [5.41, 5.74) is 8.60. The van der Waals surface area contributed by atoms with Gasteiger partial charge >= 0.3 is 0 Å². The van der Waals surface area contributed by atoms with Crippen LogP contribution in [-0.2, 0) is 12.8 Å². The molecule has 0 N–H and O–H groups in total. The van der Waals surface area contributed by atoms with E-state index in [0.29, 0.717) is 0 Å². The average molecular weight is 250 g/mol. The van der Waals surface area contributed by atoms with Crippen LogP contribution in [-0.4, -0.2) is 9.97 Å². The number of aryl methyl sites for hydroxylation is 1. The average Bonchev–Trinajstić information content (AvgIpc) is 2.82. The maximum Gasteiger partial charge on any atom is 0.0891 e. The summed E-state index contributed by atoms with van der Waals surface area (Å²) in [6.07, 6.45) is 6.81. The number of allylic oxidation sites excluding steroid dienone is 1. The second kappa shape index (κ2) is 4.61. The molecule has 1 aromatic heterocycles. The zero-order chi connectivity index (χ0) is 13.4. The molecule has 0 spiro atoms. The van der Waals surface area contributed by atoms with Crippen LogP contribution in [0.25, 0.3) is 16.8 Å². The Morgan fingerprint density at radius 3 is 2.74 bits per heavy atom. The summed E-state index contributed by atoms with van der Waals surface area (Å²) in [5.74, 6) is 0. The number of aromatic nitrogens is 2. The summed E-state index contributed by atoms with van der Waals surface area (Å²) in [7, 11) is 0. The lowest BCUT2D eigenvalue weighted by Gasteiger charge is -2.11. The van der Waals surface area contributed by atoms with E-state index < -0.39 is 0 Å². The van der Waals surface area contributed by atoms with Crippen molar-refractivity contribution < 1.29 is 0 Å². The van der Waals surface area contributed by atoms with Crippen molar-refractivity contribution in [3.05, 3.63) is 53.5 Å². The van der Waals surface area contributed by atoms with Gasteiger partial charge in [0.05, 0.1) is 17.6 Å². The van der Waals surface area contributed by atoms with E-state index >= 15 is 0 Å². The summed E-state index contributed by atoms with van der Waals surface area (Å²) in [4.78, 5) is 8.98. The van der Waals surface area contributed by atoms with Crippen LogP contribution in [0.3, 0.4) is 0 Å². The molecule has 1 aliphatic rings. The van der Waals surface area contributed by atoms with Crippen LogP contribution in [0.5, 0.6) is 0 Å². The first kappa shape index (κ1) is 12.1. The molecule has 0 aliphatic heterocycles. The van der Waals surface area contributed by atoms with Gasteiger partial charge in [-0.2, -0.15) is 0 Å². The van der Waals surface area contributed by atoms with Gasteiger partial charge in [-0.05, 0) is 48.4 Å². The smallest absolute Gasteiger partial charge is 0.0891 e. The third kappa shape index (κ3) is 1.97. The lowest BCUT2D eigenvalue weighted by Crippen LogP contribution is -1.96. The topological polar surface area (TPSA) is 25.8 Å². The predicted molar refractivity (Wildman–Crippen MR) is 78.9 cm³/mol. The van der Waals surface area contributed by atoms with Crippen molar-refractivity contribution in [3.63, 3.8) is 0 Å². The first-order valence-corrected chi connectivity index (χ1v) is 6.82. The van der Waals surface area contributed by atoms with E-state index in [0.717, 1.165) is 30.7 Å². The third-order valence-corrected chi connectivity index (χ3v) is 3.98. The van der Waals surface area contributed by atoms with Gasteiger partial charge in [-0.3, -0.25) is 4.98 Å². The van der Waals surface area contributed by atoms with Gasteiger partial charge in [0, 0.05) is 11.8 Å². The quantitative estimate of drug-likeness (QED) is 0.806. The number of fused-ring (bicyclic) bond motifs is 1. The van der Waals surface area contributed by atoms with E-state index in [1.54, 1.807) is 0 Å². The number of nitrogens with zero attached hydrogens (tertiary/aromatic N) is 2. The fourth-order valence-corrected chi connectivity index (χ4v) is 2.80. The highest BCUT2D eigenvalue weighted by Gasteiger charge is 2.19. The molecular formula is C17H18N2. The van der Waals surface area contributed by atoms with E-state index in [-0.39, 0.29) is 0 Å². The Bertz CT molecular complexity index is 656. The molecule has 0 saturated carbocycles. The van der Waals surface area contributed by atoms with Gasteiger partial charge in [0.25, 0.3) is 0 Å². The van der Waals surface area contributed by atoms with Crippen molar-refractivity contribution in [2.45, 2.75) is 33.1 Å². The Kier molecular flexibility index (Phi) is 2.94. The van der Waals surface area contributed by atoms with Crippen LogP contribution in [0, 0.1) is 6.92 Å². The van der Waals surface area contributed by atoms with Crippen molar-refractivity contribution in [3.8, 4) is 11.3 Å². The summed E-state index contributed by atoms with van der Waals surface area (Å²) >= 11 is 0. The summed E-state index contributed by atoms with van der Waals surface area (Å²) in [5, 5.41) is 0. The minimum absolute atomic E-state index is 0.918. The third-order valence-electron chi connectivity index (χ3n) is 3.98. The molecule has 19 heavy (non-hydrogen) atoms. The second-order valence-corrected chi connectivity index (χ2v) is 5.12. The van der Waals surface area contributed by atoms with E-state index in [1.807, 2.05) is 12.4 Å². The second-order valence-electron chi connectivity index (χ2n) is 5.12. The summed E-state index contributed by atoms with van der Waals surface area (Å²) in [6, 6.07) is 4.35. The molecule has 96 valence electrons. The Morgan fingerprint density at radius 1 is 1.16 bits per heavy atom. The lowest BCUT2D eigenvalue weighted by molar-refractivity contribution is 1.00. The van der Waals surface area contributed by atoms with E-state index in [4.69, 9.17) is 0 Å². The molecule has 1 aliphatic carbocycles. The Balaban J connectivity index is 2.14. The van der Waals surface area contributed by atoms with Crippen molar-refractivity contribution >= 4 is 5.57 Å². The van der Waals surface area contributed by atoms with E-state index in [9.17, 15) is 0 Å². The fourth-order valence-electron chi connectivity index (χ4n) is 2.80. The molecule has 0 bridgehead atoms. The molecule has 2 aromatic rings. The molecule has 0 saturated heterocycles. The molecule has 0 fully saturated rings. The molecule has 1 aromatic carbocycles. The Labute approximate surface area is 114 Å². The largest absolute Gasteiger partial charge is 0.261 e. The highest BCUT2D eigenvalue weighted by molar-refractivity contribution is 5.77. The zero-order valence-electron chi connectivity index (χ0n) is 11.5.